The number of hydrogen-bond donors (Lipinski definition) is 0. The quantitative estimate of drug-likeness (QED) is 0.291. The lowest BCUT2D eigenvalue weighted by atomic mass is 9.97. The molecule has 0 aromatic rings. The van der Waals surface area contributed by atoms with Crippen LogP contribution >= 0.6 is 7.60 Å². The van der Waals surface area contributed by atoms with Gasteiger partial charge in [-0.05, 0) is 20.3 Å². The van der Waals surface area contributed by atoms with E-state index in [4.69, 9.17) is 28.0 Å². The molecule has 1 rings (SSSR count). The van der Waals surface area contributed by atoms with Gasteiger partial charge in [-0.3, -0.25) is 18.9 Å². The van der Waals surface area contributed by atoms with E-state index in [9.17, 15) is 18.9 Å². The molecule has 0 amide bonds. The van der Waals surface area contributed by atoms with Crippen molar-refractivity contribution in [2.45, 2.75) is 65.5 Å². The normalized spacial score (nSPS) is 25.0. The molecular weight excluding hydrogens is 395 g/mol. The van der Waals surface area contributed by atoms with E-state index in [2.05, 4.69) is 0 Å². The average molecular weight is 424 g/mol. The van der Waals surface area contributed by atoms with Gasteiger partial charge in [-0.25, -0.2) is 0 Å². The van der Waals surface area contributed by atoms with Gasteiger partial charge < -0.3 is 28.0 Å². The number of ether oxygens (including phenoxy) is 4. The maximum atomic E-state index is 12.7. The summed E-state index contributed by atoms with van der Waals surface area (Å²) in [5, 5.41) is 0. The lowest BCUT2D eigenvalue weighted by molar-refractivity contribution is -0.225. The molecule has 0 aliphatic carbocycles. The molecule has 4 atom stereocenters. The molecule has 0 radical (unpaired) electrons. The van der Waals surface area contributed by atoms with Gasteiger partial charge >= 0.3 is 25.5 Å². The predicted octanol–water partition coefficient (Wildman–Crippen LogP) is 1.84. The van der Waals surface area contributed by atoms with Crippen LogP contribution in [-0.4, -0.2) is 68.3 Å². The largest absolute Gasteiger partial charge is 0.456 e. The third kappa shape index (κ3) is 7.87. The van der Waals surface area contributed by atoms with Crippen LogP contribution in [0.1, 0.15) is 41.0 Å². The van der Waals surface area contributed by atoms with E-state index in [-0.39, 0.29) is 32.4 Å². The monoisotopic (exact) mass is 424 g/mol. The summed E-state index contributed by atoms with van der Waals surface area (Å²) in [6, 6.07) is 0. The Morgan fingerprint density at radius 3 is 1.86 bits per heavy atom. The fraction of sp³-hybridized carbons (Fsp3) is 0.824. The lowest BCUT2D eigenvalue weighted by Crippen LogP contribution is -2.57. The molecule has 1 fully saturated rings. The highest BCUT2D eigenvalue weighted by Crippen LogP contribution is 2.49. The summed E-state index contributed by atoms with van der Waals surface area (Å²) in [7, 11) is -3.35. The Morgan fingerprint density at radius 1 is 0.893 bits per heavy atom. The lowest BCUT2D eigenvalue weighted by Gasteiger charge is -2.40. The molecule has 0 unspecified atom stereocenters. The first kappa shape index (κ1) is 24.6. The van der Waals surface area contributed by atoms with E-state index >= 15 is 0 Å². The maximum Gasteiger partial charge on any atom is 0.330 e. The molecule has 0 aromatic heterocycles. The number of esters is 3. The fourth-order valence-electron chi connectivity index (χ4n) is 2.91. The van der Waals surface area contributed by atoms with Crippen LogP contribution in [0, 0.1) is 0 Å². The zero-order valence-electron chi connectivity index (χ0n) is 16.9. The van der Waals surface area contributed by atoms with E-state index in [1.807, 2.05) is 0 Å². The maximum absolute atomic E-state index is 12.7. The standard InChI is InChI=1S/C17H29O10P/c1-6-23-28(21,24-7-2)9-8-14-16(26-12(4)19)17(27-13(5)20)15(10-22-14)25-11(3)18/h14-17H,6-10H2,1-5H3/t14-,15+,16-,17-/m0/s1. The van der Waals surface area contributed by atoms with Crippen molar-refractivity contribution in [1.29, 1.82) is 0 Å². The van der Waals surface area contributed by atoms with Crippen LogP contribution in [0.2, 0.25) is 0 Å². The topological polar surface area (TPSA) is 124 Å². The summed E-state index contributed by atoms with van der Waals surface area (Å²) in [6.45, 7) is 7.34. The minimum Gasteiger partial charge on any atom is -0.456 e. The van der Waals surface area contributed by atoms with Crippen LogP contribution in [-0.2, 0) is 46.9 Å². The minimum absolute atomic E-state index is 0.0160. The summed E-state index contributed by atoms with van der Waals surface area (Å²) in [5.41, 5.74) is 0. The van der Waals surface area contributed by atoms with Crippen LogP contribution in [0.5, 0.6) is 0 Å². The third-order valence-corrected chi connectivity index (χ3v) is 5.90. The fourth-order valence-corrected chi connectivity index (χ4v) is 4.60. The summed E-state index contributed by atoms with van der Waals surface area (Å²) < 4.78 is 44.6. The number of carbonyl (C=O) groups excluding carboxylic acids is 3. The van der Waals surface area contributed by atoms with Crippen molar-refractivity contribution < 1.29 is 46.9 Å². The number of rotatable bonds is 10. The number of hydrogen-bond acceptors (Lipinski definition) is 10. The molecule has 1 heterocycles. The second-order valence-corrected chi connectivity index (χ2v) is 8.31. The Labute approximate surface area is 164 Å². The van der Waals surface area contributed by atoms with Crippen molar-refractivity contribution in [2.24, 2.45) is 0 Å². The van der Waals surface area contributed by atoms with Gasteiger partial charge in [0.2, 0.25) is 0 Å². The first-order valence-electron chi connectivity index (χ1n) is 9.13. The molecule has 10 nitrogen and oxygen atoms in total. The zero-order valence-corrected chi connectivity index (χ0v) is 17.8. The van der Waals surface area contributed by atoms with Gasteiger partial charge in [0.25, 0.3) is 0 Å². The van der Waals surface area contributed by atoms with Gasteiger partial charge in [-0.15, -0.1) is 0 Å². The summed E-state index contributed by atoms with van der Waals surface area (Å²) >= 11 is 0. The second kappa shape index (κ2) is 11.5. The first-order valence-corrected chi connectivity index (χ1v) is 10.9. The highest BCUT2D eigenvalue weighted by molar-refractivity contribution is 7.53. The molecule has 0 spiro atoms. The van der Waals surface area contributed by atoms with Crippen molar-refractivity contribution in [2.75, 3.05) is 26.0 Å². The smallest absolute Gasteiger partial charge is 0.330 e. The highest BCUT2D eigenvalue weighted by atomic mass is 31.2. The highest BCUT2D eigenvalue weighted by Gasteiger charge is 2.47. The van der Waals surface area contributed by atoms with Crippen LogP contribution in [0.4, 0.5) is 0 Å². The molecule has 0 bridgehead atoms. The first-order chi connectivity index (χ1) is 13.1. The van der Waals surface area contributed by atoms with Crippen molar-refractivity contribution in [1.82, 2.24) is 0 Å². The van der Waals surface area contributed by atoms with Gasteiger partial charge in [0.05, 0.1) is 32.1 Å². The molecule has 0 aromatic carbocycles. The Bertz CT molecular complexity index is 582. The Balaban J connectivity index is 3.02. The van der Waals surface area contributed by atoms with Gasteiger partial charge in [0.15, 0.2) is 18.3 Å². The van der Waals surface area contributed by atoms with Crippen LogP contribution in [0.25, 0.3) is 0 Å². The van der Waals surface area contributed by atoms with Crippen LogP contribution in [0.3, 0.4) is 0 Å². The minimum atomic E-state index is -3.35. The second-order valence-electron chi connectivity index (χ2n) is 6.13. The molecule has 1 saturated heterocycles. The van der Waals surface area contributed by atoms with Crippen molar-refractivity contribution in [3.63, 3.8) is 0 Å². The van der Waals surface area contributed by atoms with Gasteiger partial charge in [-0.1, -0.05) is 0 Å². The van der Waals surface area contributed by atoms with E-state index < -0.39 is 49.9 Å². The van der Waals surface area contributed by atoms with E-state index in [0.29, 0.717) is 0 Å². The van der Waals surface area contributed by atoms with Crippen molar-refractivity contribution in [3.05, 3.63) is 0 Å². The van der Waals surface area contributed by atoms with E-state index in [1.165, 1.54) is 20.8 Å². The average Bonchev–Trinajstić information content (AvgIpc) is 2.56. The summed E-state index contributed by atoms with van der Waals surface area (Å²) in [4.78, 5) is 34.5. The van der Waals surface area contributed by atoms with Gasteiger partial charge in [0, 0.05) is 20.8 Å². The Kier molecular flexibility index (Phi) is 10.1. The zero-order chi connectivity index (χ0) is 21.3. The molecule has 11 heteroatoms. The predicted molar refractivity (Wildman–Crippen MR) is 96.7 cm³/mol. The Morgan fingerprint density at radius 2 is 1.39 bits per heavy atom. The number of carbonyl (C=O) groups is 3. The molecular formula is C17H29O10P. The van der Waals surface area contributed by atoms with Crippen LogP contribution in [0.15, 0.2) is 0 Å². The Hall–Kier alpha value is -1.48. The SMILES string of the molecule is CCOP(=O)(CC[C@@H]1OC[C@@H](OC(C)=O)[C@H](OC(C)=O)[C@H]1OC(C)=O)OCC. The van der Waals surface area contributed by atoms with Crippen molar-refractivity contribution >= 4 is 25.5 Å². The summed E-state index contributed by atoms with van der Waals surface area (Å²) in [6.07, 6.45) is -3.62. The molecule has 162 valence electrons. The van der Waals surface area contributed by atoms with Crippen LogP contribution < -0.4 is 0 Å². The molecule has 0 N–H and O–H groups in total. The van der Waals surface area contributed by atoms with E-state index in [1.54, 1.807) is 13.8 Å². The van der Waals surface area contributed by atoms with Crippen molar-refractivity contribution in [3.8, 4) is 0 Å². The summed E-state index contributed by atoms with van der Waals surface area (Å²) in [5.74, 6) is -1.85. The molecule has 1 aliphatic rings. The molecule has 28 heavy (non-hydrogen) atoms. The third-order valence-electron chi connectivity index (χ3n) is 3.79. The van der Waals surface area contributed by atoms with Gasteiger partial charge in [-0.2, -0.15) is 0 Å². The van der Waals surface area contributed by atoms with E-state index in [0.717, 1.165) is 0 Å². The van der Waals surface area contributed by atoms with Gasteiger partial charge in [0.1, 0.15) is 0 Å². The molecule has 1 aliphatic heterocycles. The molecule has 0 saturated carbocycles.